The third kappa shape index (κ3) is 4.17. The molecule has 2 heterocycles. The molecule has 0 radical (unpaired) electrons. The summed E-state index contributed by atoms with van der Waals surface area (Å²) in [5, 5.41) is 13.4. The Morgan fingerprint density at radius 2 is 1.83 bits per heavy atom. The first-order valence-electron chi connectivity index (χ1n) is 9.36. The van der Waals surface area contributed by atoms with Gasteiger partial charge < -0.3 is 19.7 Å². The summed E-state index contributed by atoms with van der Waals surface area (Å²) in [5.74, 6) is -1.98. The minimum atomic E-state index is -0.862. The molecule has 1 amide bonds. The van der Waals surface area contributed by atoms with Gasteiger partial charge in [0.15, 0.2) is 0 Å². The standard InChI is InChI=1S/C22H23N3O5/c1-22(2,3)30-15(26)12-24-20(28)16-19(27)14-10-11-23-17(13-8-6-5-7-9-13)18(14)25(4)21(16)29/h5-11,27H,12H2,1-4H3,(H,24,28). The van der Waals surface area contributed by atoms with Gasteiger partial charge in [-0.2, -0.15) is 0 Å². The molecule has 30 heavy (non-hydrogen) atoms. The molecule has 2 N–H and O–H groups in total. The van der Waals surface area contributed by atoms with Gasteiger partial charge in [0.25, 0.3) is 11.5 Å². The summed E-state index contributed by atoms with van der Waals surface area (Å²) in [6.07, 6.45) is 1.50. The number of benzene rings is 1. The molecule has 156 valence electrons. The molecule has 0 aliphatic rings. The molecular formula is C22H23N3O5. The van der Waals surface area contributed by atoms with Crippen molar-refractivity contribution in [3.63, 3.8) is 0 Å². The lowest BCUT2D eigenvalue weighted by atomic mass is 10.0. The van der Waals surface area contributed by atoms with E-state index in [1.54, 1.807) is 20.8 Å². The Morgan fingerprint density at radius 1 is 1.17 bits per heavy atom. The Balaban J connectivity index is 2.03. The Labute approximate surface area is 173 Å². The van der Waals surface area contributed by atoms with Crippen LogP contribution in [0.1, 0.15) is 31.1 Å². The maximum Gasteiger partial charge on any atom is 0.325 e. The molecule has 0 fully saturated rings. The molecule has 0 aliphatic heterocycles. The third-order valence-corrected chi connectivity index (χ3v) is 4.36. The van der Waals surface area contributed by atoms with Gasteiger partial charge in [0.1, 0.15) is 23.5 Å². The van der Waals surface area contributed by atoms with E-state index in [1.165, 1.54) is 23.9 Å². The van der Waals surface area contributed by atoms with Gasteiger partial charge in [0.05, 0.1) is 11.2 Å². The second kappa shape index (κ2) is 7.98. The average Bonchev–Trinajstić information content (AvgIpc) is 2.69. The van der Waals surface area contributed by atoms with Crippen LogP contribution in [0.2, 0.25) is 0 Å². The molecule has 0 aliphatic carbocycles. The number of pyridine rings is 2. The number of aryl methyl sites for hydroxylation is 1. The molecule has 0 bridgehead atoms. The van der Waals surface area contributed by atoms with Crippen molar-refractivity contribution >= 4 is 22.8 Å². The van der Waals surface area contributed by atoms with Crippen LogP contribution in [0.25, 0.3) is 22.2 Å². The van der Waals surface area contributed by atoms with Crippen molar-refractivity contribution in [2.24, 2.45) is 7.05 Å². The van der Waals surface area contributed by atoms with Gasteiger partial charge in [0, 0.05) is 24.2 Å². The number of aromatic nitrogens is 2. The Kier molecular flexibility index (Phi) is 5.60. The summed E-state index contributed by atoms with van der Waals surface area (Å²) in [7, 11) is 1.50. The Hall–Kier alpha value is -3.68. The molecule has 1 aromatic carbocycles. The molecule has 8 heteroatoms. The van der Waals surface area contributed by atoms with E-state index < -0.39 is 40.9 Å². The number of esters is 1. The van der Waals surface area contributed by atoms with Gasteiger partial charge in [-0.1, -0.05) is 30.3 Å². The third-order valence-electron chi connectivity index (χ3n) is 4.36. The van der Waals surface area contributed by atoms with Crippen LogP contribution in [0.5, 0.6) is 5.75 Å². The monoisotopic (exact) mass is 409 g/mol. The van der Waals surface area contributed by atoms with E-state index in [2.05, 4.69) is 10.3 Å². The zero-order valence-electron chi connectivity index (χ0n) is 17.2. The van der Waals surface area contributed by atoms with E-state index in [1.807, 2.05) is 30.3 Å². The number of ether oxygens (including phenoxy) is 1. The zero-order valence-corrected chi connectivity index (χ0v) is 17.2. The molecule has 0 unspecified atom stereocenters. The van der Waals surface area contributed by atoms with Gasteiger partial charge in [-0.25, -0.2) is 0 Å². The van der Waals surface area contributed by atoms with Gasteiger partial charge >= 0.3 is 5.97 Å². The summed E-state index contributed by atoms with van der Waals surface area (Å²) >= 11 is 0. The van der Waals surface area contributed by atoms with Crippen LogP contribution in [0.15, 0.2) is 47.4 Å². The van der Waals surface area contributed by atoms with E-state index in [0.29, 0.717) is 16.6 Å². The number of hydrogen-bond donors (Lipinski definition) is 2. The van der Waals surface area contributed by atoms with Crippen LogP contribution >= 0.6 is 0 Å². The highest BCUT2D eigenvalue weighted by Gasteiger charge is 2.24. The van der Waals surface area contributed by atoms with E-state index in [-0.39, 0.29) is 0 Å². The summed E-state index contributed by atoms with van der Waals surface area (Å²) in [6.45, 7) is 4.68. The number of aromatic hydroxyl groups is 1. The number of fused-ring (bicyclic) bond motifs is 1. The predicted molar refractivity (Wildman–Crippen MR) is 112 cm³/mol. The second-order valence-corrected chi connectivity index (χ2v) is 7.78. The molecular weight excluding hydrogens is 386 g/mol. The highest BCUT2D eigenvalue weighted by molar-refractivity contribution is 6.05. The number of carbonyl (C=O) groups is 2. The number of carbonyl (C=O) groups excluding carboxylic acids is 2. The maximum absolute atomic E-state index is 12.9. The molecule has 3 aromatic rings. The lowest BCUT2D eigenvalue weighted by molar-refractivity contribution is -0.153. The van der Waals surface area contributed by atoms with Crippen LogP contribution in [0.3, 0.4) is 0 Å². The van der Waals surface area contributed by atoms with Gasteiger partial charge in [-0.05, 0) is 26.8 Å². The van der Waals surface area contributed by atoms with Crippen molar-refractivity contribution in [3.05, 3.63) is 58.5 Å². The van der Waals surface area contributed by atoms with E-state index in [9.17, 15) is 19.5 Å². The smallest absolute Gasteiger partial charge is 0.325 e. The van der Waals surface area contributed by atoms with Crippen molar-refractivity contribution < 1.29 is 19.4 Å². The molecule has 0 saturated carbocycles. The minimum Gasteiger partial charge on any atom is -0.506 e. The quantitative estimate of drug-likeness (QED) is 0.640. The fourth-order valence-electron chi connectivity index (χ4n) is 3.12. The van der Waals surface area contributed by atoms with Crippen LogP contribution in [-0.2, 0) is 16.6 Å². The predicted octanol–water partition coefficient (Wildman–Crippen LogP) is 2.38. The van der Waals surface area contributed by atoms with Crippen LogP contribution in [0, 0.1) is 0 Å². The van der Waals surface area contributed by atoms with E-state index in [4.69, 9.17) is 4.74 Å². The topological polar surface area (TPSA) is 111 Å². The minimum absolute atomic E-state index is 0.299. The molecule has 2 aromatic heterocycles. The van der Waals surface area contributed by atoms with Crippen molar-refractivity contribution in [2.75, 3.05) is 6.54 Å². The fraction of sp³-hybridized carbons (Fsp3) is 0.273. The first-order chi connectivity index (χ1) is 14.1. The van der Waals surface area contributed by atoms with Crippen molar-refractivity contribution in [2.45, 2.75) is 26.4 Å². The molecule has 8 nitrogen and oxygen atoms in total. The summed E-state index contributed by atoms with van der Waals surface area (Å²) in [5.41, 5.74) is -0.187. The number of nitrogens with zero attached hydrogens (tertiary/aromatic N) is 2. The Morgan fingerprint density at radius 3 is 2.47 bits per heavy atom. The van der Waals surface area contributed by atoms with Crippen LogP contribution in [0.4, 0.5) is 0 Å². The number of hydrogen-bond acceptors (Lipinski definition) is 6. The molecule has 0 atom stereocenters. The highest BCUT2D eigenvalue weighted by Crippen LogP contribution is 2.31. The lowest BCUT2D eigenvalue weighted by Gasteiger charge is -2.19. The number of rotatable bonds is 4. The SMILES string of the molecule is Cn1c(=O)c(C(=O)NCC(=O)OC(C)(C)C)c(O)c2ccnc(-c3ccccc3)c21. The fourth-order valence-corrected chi connectivity index (χ4v) is 3.12. The van der Waals surface area contributed by atoms with Gasteiger partial charge in [-0.3, -0.25) is 19.4 Å². The second-order valence-electron chi connectivity index (χ2n) is 7.78. The largest absolute Gasteiger partial charge is 0.506 e. The lowest BCUT2D eigenvalue weighted by Crippen LogP contribution is -2.37. The van der Waals surface area contributed by atoms with Gasteiger partial charge in [0.2, 0.25) is 0 Å². The number of amides is 1. The van der Waals surface area contributed by atoms with Crippen molar-refractivity contribution in [1.82, 2.24) is 14.9 Å². The Bertz CT molecular complexity index is 1180. The van der Waals surface area contributed by atoms with Crippen molar-refractivity contribution in [3.8, 4) is 17.0 Å². The van der Waals surface area contributed by atoms with Gasteiger partial charge in [-0.15, -0.1) is 0 Å². The first kappa shape index (κ1) is 21.0. The highest BCUT2D eigenvalue weighted by atomic mass is 16.6. The molecule has 0 spiro atoms. The summed E-state index contributed by atoms with van der Waals surface area (Å²) in [6, 6.07) is 10.7. The summed E-state index contributed by atoms with van der Waals surface area (Å²) < 4.78 is 6.41. The zero-order chi connectivity index (χ0) is 22.1. The average molecular weight is 409 g/mol. The normalized spacial score (nSPS) is 11.3. The maximum atomic E-state index is 12.9. The van der Waals surface area contributed by atoms with E-state index in [0.717, 1.165) is 5.56 Å². The van der Waals surface area contributed by atoms with E-state index >= 15 is 0 Å². The summed E-state index contributed by atoms with van der Waals surface area (Å²) in [4.78, 5) is 41.7. The van der Waals surface area contributed by atoms with Crippen LogP contribution < -0.4 is 10.9 Å². The molecule has 3 rings (SSSR count). The van der Waals surface area contributed by atoms with Crippen LogP contribution in [-0.4, -0.2) is 38.7 Å². The number of nitrogens with one attached hydrogen (secondary N) is 1. The molecule has 0 saturated heterocycles. The van der Waals surface area contributed by atoms with Crippen molar-refractivity contribution in [1.29, 1.82) is 0 Å². The first-order valence-corrected chi connectivity index (χ1v) is 9.36.